The Hall–Kier alpha value is -2.94. The average Bonchev–Trinajstić information content (AvgIpc) is 2.86. The van der Waals surface area contributed by atoms with Gasteiger partial charge in [-0.05, 0) is 13.8 Å². The summed E-state index contributed by atoms with van der Waals surface area (Å²) in [5.41, 5.74) is -2.62. The molecule has 1 aliphatic rings. The van der Waals surface area contributed by atoms with Crippen LogP contribution in [0.15, 0.2) is 35.5 Å². The number of nitrogens with zero attached hydrogens (tertiary/aromatic N) is 1. The second-order valence-corrected chi connectivity index (χ2v) is 5.39. The summed E-state index contributed by atoms with van der Waals surface area (Å²) in [6.07, 6.45) is 0. The third-order valence-electron chi connectivity index (χ3n) is 3.92. The van der Waals surface area contributed by atoms with Gasteiger partial charge in [-0.3, -0.25) is 10.1 Å². The highest BCUT2D eigenvalue weighted by Crippen LogP contribution is 2.44. The van der Waals surface area contributed by atoms with E-state index in [1.165, 1.54) is 31.2 Å². The first-order valence-corrected chi connectivity index (χ1v) is 7.48. The highest BCUT2D eigenvalue weighted by molar-refractivity contribution is 5.96. The van der Waals surface area contributed by atoms with Crippen LogP contribution in [0.3, 0.4) is 0 Å². The molecule has 1 aromatic rings. The lowest BCUT2D eigenvalue weighted by Gasteiger charge is -2.29. The number of esters is 2. The van der Waals surface area contributed by atoms with Gasteiger partial charge in [-0.15, -0.1) is 0 Å². The topological polar surface area (TPSA) is 128 Å². The second-order valence-electron chi connectivity index (χ2n) is 5.39. The predicted octanol–water partition coefficient (Wildman–Crippen LogP) is 0.980. The van der Waals surface area contributed by atoms with Gasteiger partial charge in [0.05, 0.1) is 30.1 Å². The molecule has 0 saturated heterocycles. The van der Waals surface area contributed by atoms with Gasteiger partial charge in [0.25, 0.3) is 5.69 Å². The van der Waals surface area contributed by atoms with E-state index >= 15 is 0 Å². The number of benzene rings is 1. The Labute approximate surface area is 143 Å². The minimum Gasteiger partial charge on any atom is -0.466 e. The monoisotopic (exact) mass is 350 g/mol. The molecule has 0 aliphatic carbocycles. The van der Waals surface area contributed by atoms with Gasteiger partial charge in [0.15, 0.2) is 0 Å². The molecule has 0 bridgehead atoms. The fourth-order valence-electron chi connectivity index (χ4n) is 2.92. The average molecular weight is 350 g/mol. The Morgan fingerprint density at radius 2 is 2.04 bits per heavy atom. The van der Waals surface area contributed by atoms with Crippen molar-refractivity contribution >= 4 is 17.6 Å². The number of hydrogen-bond acceptors (Lipinski definition) is 8. The molecule has 0 aromatic heterocycles. The Morgan fingerprint density at radius 1 is 1.40 bits per heavy atom. The number of nitro groups is 1. The first-order valence-electron chi connectivity index (χ1n) is 7.48. The van der Waals surface area contributed by atoms with E-state index in [9.17, 15) is 24.8 Å². The van der Waals surface area contributed by atoms with Crippen LogP contribution in [0.2, 0.25) is 0 Å². The van der Waals surface area contributed by atoms with Crippen LogP contribution in [0.4, 0.5) is 5.69 Å². The molecule has 0 saturated carbocycles. The molecule has 0 fully saturated rings. The van der Waals surface area contributed by atoms with Gasteiger partial charge >= 0.3 is 11.9 Å². The predicted molar refractivity (Wildman–Crippen MR) is 85.3 cm³/mol. The standard InChI is InChI=1S/C16H18N2O7/c1-4-25-15(20)16(21)13(12(9(2)17-16)14(19)24-3)10-7-5-6-8-11(10)18(22)23/h5-8,13,17,21H,4H2,1-3H3/t13-,16+/m0/s1. The van der Waals surface area contributed by atoms with Gasteiger partial charge < -0.3 is 19.9 Å². The lowest BCUT2D eigenvalue weighted by molar-refractivity contribution is -0.385. The van der Waals surface area contributed by atoms with E-state index in [4.69, 9.17) is 9.47 Å². The highest BCUT2D eigenvalue weighted by atomic mass is 16.6. The van der Waals surface area contributed by atoms with Gasteiger partial charge in [0, 0.05) is 17.3 Å². The molecule has 134 valence electrons. The molecule has 9 heteroatoms. The third-order valence-corrected chi connectivity index (χ3v) is 3.92. The van der Waals surface area contributed by atoms with Crippen molar-refractivity contribution in [2.75, 3.05) is 13.7 Å². The molecular weight excluding hydrogens is 332 g/mol. The van der Waals surface area contributed by atoms with Crippen molar-refractivity contribution in [2.45, 2.75) is 25.5 Å². The van der Waals surface area contributed by atoms with Crippen molar-refractivity contribution < 1.29 is 29.1 Å². The Bertz CT molecular complexity index is 759. The maximum absolute atomic E-state index is 12.4. The van der Waals surface area contributed by atoms with Crippen LogP contribution in [0.25, 0.3) is 0 Å². The number of hydrogen-bond donors (Lipinski definition) is 2. The fourth-order valence-corrected chi connectivity index (χ4v) is 2.92. The summed E-state index contributed by atoms with van der Waals surface area (Å²) in [7, 11) is 1.14. The van der Waals surface area contributed by atoms with Crippen molar-refractivity contribution in [3.05, 3.63) is 51.2 Å². The molecule has 0 amide bonds. The molecular formula is C16H18N2O7. The number of methoxy groups -OCH3 is 1. The smallest absolute Gasteiger partial charge is 0.360 e. The zero-order valence-corrected chi connectivity index (χ0v) is 13.9. The van der Waals surface area contributed by atoms with Crippen LogP contribution >= 0.6 is 0 Å². The van der Waals surface area contributed by atoms with E-state index in [-0.39, 0.29) is 29.1 Å². The number of carbonyl (C=O) groups is 2. The Balaban J connectivity index is 2.70. The Kier molecular flexibility index (Phi) is 5.07. The van der Waals surface area contributed by atoms with Crippen molar-refractivity contribution in [2.24, 2.45) is 0 Å². The maximum atomic E-state index is 12.4. The summed E-state index contributed by atoms with van der Waals surface area (Å²) >= 11 is 0. The van der Waals surface area contributed by atoms with E-state index in [0.717, 1.165) is 7.11 Å². The van der Waals surface area contributed by atoms with Crippen molar-refractivity contribution in [3.63, 3.8) is 0 Å². The zero-order valence-electron chi connectivity index (χ0n) is 13.9. The summed E-state index contributed by atoms with van der Waals surface area (Å²) in [6, 6.07) is 5.55. The molecule has 2 rings (SSSR count). The lowest BCUT2D eigenvalue weighted by atomic mass is 9.83. The van der Waals surface area contributed by atoms with E-state index in [2.05, 4.69) is 5.32 Å². The first kappa shape index (κ1) is 18.4. The molecule has 2 N–H and O–H groups in total. The highest BCUT2D eigenvalue weighted by Gasteiger charge is 2.56. The van der Waals surface area contributed by atoms with Crippen LogP contribution in [0.5, 0.6) is 0 Å². The first-order chi connectivity index (χ1) is 11.8. The van der Waals surface area contributed by atoms with Crippen LogP contribution in [0, 0.1) is 10.1 Å². The van der Waals surface area contributed by atoms with Crippen LogP contribution in [-0.2, 0) is 19.1 Å². The van der Waals surface area contributed by atoms with Gasteiger partial charge in [0.2, 0.25) is 5.72 Å². The molecule has 0 radical (unpaired) electrons. The summed E-state index contributed by atoms with van der Waals surface area (Å²) < 4.78 is 9.61. The summed E-state index contributed by atoms with van der Waals surface area (Å²) in [4.78, 5) is 35.3. The van der Waals surface area contributed by atoms with Crippen LogP contribution < -0.4 is 5.32 Å². The van der Waals surface area contributed by atoms with Crippen molar-refractivity contribution in [1.82, 2.24) is 5.32 Å². The zero-order chi connectivity index (χ0) is 18.8. The third kappa shape index (κ3) is 3.05. The quantitative estimate of drug-likeness (QED) is 0.457. The van der Waals surface area contributed by atoms with Crippen molar-refractivity contribution in [1.29, 1.82) is 0 Å². The molecule has 9 nitrogen and oxygen atoms in total. The number of nitrogens with one attached hydrogen (secondary N) is 1. The number of nitro benzene ring substituents is 1. The van der Waals surface area contributed by atoms with E-state index in [1.807, 2.05) is 0 Å². The van der Waals surface area contributed by atoms with Crippen LogP contribution in [0.1, 0.15) is 25.3 Å². The van der Waals surface area contributed by atoms with E-state index < -0.39 is 28.5 Å². The van der Waals surface area contributed by atoms with E-state index in [0.29, 0.717) is 0 Å². The molecule has 1 heterocycles. The number of allylic oxidation sites excluding steroid dienone is 1. The molecule has 0 spiro atoms. The fraction of sp³-hybridized carbons (Fsp3) is 0.375. The SMILES string of the molecule is CCOC(=O)[C@@]1(O)NC(C)=C(C(=O)OC)[C@@H]1c1ccccc1[N+](=O)[O-]. The number of para-hydroxylation sites is 1. The minimum atomic E-state index is -2.37. The molecule has 2 atom stereocenters. The number of aliphatic hydroxyl groups is 1. The Morgan fingerprint density at radius 3 is 2.60 bits per heavy atom. The normalized spacial score (nSPS) is 22.3. The maximum Gasteiger partial charge on any atom is 0.360 e. The summed E-state index contributed by atoms with van der Waals surface area (Å²) in [6.45, 7) is 3.00. The van der Waals surface area contributed by atoms with E-state index in [1.54, 1.807) is 6.92 Å². The minimum absolute atomic E-state index is 0.00666. The number of rotatable bonds is 5. The summed E-state index contributed by atoms with van der Waals surface area (Å²) in [5, 5.41) is 24.8. The van der Waals surface area contributed by atoms with Gasteiger partial charge in [0.1, 0.15) is 0 Å². The van der Waals surface area contributed by atoms with Gasteiger partial charge in [-0.2, -0.15) is 0 Å². The summed E-state index contributed by atoms with van der Waals surface area (Å²) in [5.74, 6) is -3.22. The molecule has 1 aliphatic heterocycles. The van der Waals surface area contributed by atoms with Crippen LogP contribution in [-0.4, -0.2) is 41.4 Å². The van der Waals surface area contributed by atoms with Gasteiger partial charge in [-0.1, -0.05) is 18.2 Å². The molecule has 25 heavy (non-hydrogen) atoms. The number of carbonyl (C=O) groups excluding carboxylic acids is 2. The van der Waals surface area contributed by atoms with Crippen molar-refractivity contribution in [3.8, 4) is 0 Å². The second kappa shape index (κ2) is 6.89. The molecule has 1 aromatic carbocycles. The lowest BCUT2D eigenvalue weighted by Crippen LogP contribution is -2.53. The largest absolute Gasteiger partial charge is 0.466 e. The van der Waals surface area contributed by atoms with Gasteiger partial charge in [-0.25, -0.2) is 9.59 Å². The molecule has 0 unspecified atom stereocenters. The number of ether oxygens (including phenoxy) is 2.